The van der Waals surface area contributed by atoms with Gasteiger partial charge in [0.2, 0.25) is 0 Å². The average molecular weight is 249 g/mol. The smallest absolute Gasteiger partial charge is 0.354 e. The normalized spacial score (nSPS) is 10.4. The zero-order valence-electron chi connectivity index (χ0n) is 9.45. The van der Waals surface area contributed by atoms with Crippen molar-refractivity contribution in [2.75, 3.05) is 0 Å². The molecule has 0 saturated heterocycles. The minimum atomic E-state index is -1.17. The van der Waals surface area contributed by atoms with Gasteiger partial charge in [-0.05, 0) is 30.7 Å². The van der Waals surface area contributed by atoms with Crippen LogP contribution in [0.4, 0.5) is 8.78 Å². The number of rotatable bonds is 2. The molecule has 0 bridgehead atoms. The zero-order valence-corrected chi connectivity index (χ0v) is 9.45. The van der Waals surface area contributed by atoms with Crippen molar-refractivity contribution in [3.05, 3.63) is 53.4 Å². The lowest BCUT2D eigenvalue weighted by molar-refractivity contribution is 0.0690. The fourth-order valence-corrected chi connectivity index (χ4v) is 1.55. The minimum Gasteiger partial charge on any atom is -0.477 e. The van der Waals surface area contributed by atoms with Gasteiger partial charge in [-0.2, -0.15) is 0 Å². The van der Waals surface area contributed by atoms with Gasteiger partial charge in [0.25, 0.3) is 0 Å². The van der Waals surface area contributed by atoms with E-state index in [1.165, 1.54) is 25.3 Å². The van der Waals surface area contributed by atoms with Crippen LogP contribution in [0.15, 0.2) is 30.5 Å². The van der Waals surface area contributed by atoms with Gasteiger partial charge in [0, 0.05) is 17.3 Å². The van der Waals surface area contributed by atoms with Crippen LogP contribution in [0.1, 0.15) is 16.1 Å². The Morgan fingerprint density at radius 1 is 1.22 bits per heavy atom. The van der Waals surface area contributed by atoms with Gasteiger partial charge >= 0.3 is 5.97 Å². The van der Waals surface area contributed by atoms with Gasteiger partial charge in [-0.3, -0.25) is 0 Å². The van der Waals surface area contributed by atoms with Crippen LogP contribution in [-0.4, -0.2) is 16.1 Å². The summed E-state index contributed by atoms with van der Waals surface area (Å²) in [6.45, 7) is 1.47. The molecule has 0 radical (unpaired) electrons. The van der Waals surface area contributed by atoms with Crippen LogP contribution in [0, 0.1) is 18.6 Å². The van der Waals surface area contributed by atoms with Gasteiger partial charge in [-0.15, -0.1) is 0 Å². The van der Waals surface area contributed by atoms with E-state index >= 15 is 0 Å². The number of aromatic carboxylic acids is 1. The van der Waals surface area contributed by atoms with Crippen molar-refractivity contribution in [2.24, 2.45) is 0 Å². The Bertz CT molecular complexity index is 609. The summed E-state index contributed by atoms with van der Waals surface area (Å²) < 4.78 is 27.0. The molecule has 0 unspecified atom stereocenters. The summed E-state index contributed by atoms with van der Waals surface area (Å²) in [5.74, 6) is -2.26. The molecule has 1 N–H and O–H groups in total. The number of carbonyl (C=O) groups is 1. The summed E-state index contributed by atoms with van der Waals surface area (Å²) in [7, 11) is 0. The number of benzene rings is 1. The van der Waals surface area contributed by atoms with E-state index < -0.39 is 17.6 Å². The topological polar surface area (TPSA) is 50.2 Å². The van der Waals surface area contributed by atoms with Crippen molar-refractivity contribution in [3.63, 3.8) is 0 Å². The van der Waals surface area contributed by atoms with E-state index in [9.17, 15) is 13.6 Å². The van der Waals surface area contributed by atoms with E-state index in [2.05, 4.69) is 4.98 Å². The Morgan fingerprint density at radius 2 is 1.94 bits per heavy atom. The van der Waals surface area contributed by atoms with E-state index in [4.69, 9.17) is 5.11 Å². The third kappa shape index (κ3) is 2.20. The summed E-state index contributed by atoms with van der Waals surface area (Å²) in [6.07, 6.45) is 1.20. The van der Waals surface area contributed by atoms with Gasteiger partial charge in [0.05, 0.1) is 0 Å². The second kappa shape index (κ2) is 4.52. The number of halogens is 2. The highest BCUT2D eigenvalue weighted by Crippen LogP contribution is 2.24. The third-order valence-corrected chi connectivity index (χ3v) is 2.54. The Hall–Kier alpha value is -2.30. The van der Waals surface area contributed by atoms with Crippen LogP contribution in [0.3, 0.4) is 0 Å². The largest absolute Gasteiger partial charge is 0.477 e. The van der Waals surface area contributed by atoms with Gasteiger partial charge in [0.15, 0.2) is 0 Å². The summed E-state index contributed by atoms with van der Waals surface area (Å²) in [5.41, 5.74) is 0.456. The first-order valence-corrected chi connectivity index (χ1v) is 5.14. The predicted molar refractivity (Wildman–Crippen MR) is 61.3 cm³/mol. The molecule has 0 amide bonds. The molecule has 1 aromatic carbocycles. The van der Waals surface area contributed by atoms with Crippen molar-refractivity contribution in [3.8, 4) is 11.1 Å². The fourth-order valence-electron chi connectivity index (χ4n) is 1.55. The van der Waals surface area contributed by atoms with E-state index in [0.717, 1.165) is 12.1 Å². The van der Waals surface area contributed by atoms with E-state index in [0.29, 0.717) is 5.56 Å². The van der Waals surface area contributed by atoms with E-state index in [1.807, 2.05) is 0 Å². The highest BCUT2D eigenvalue weighted by Gasteiger charge is 2.11. The molecule has 92 valence electrons. The Morgan fingerprint density at radius 3 is 2.50 bits per heavy atom. The number of hydrogen-bond acceptors (Lipinski definition) is 2. The molecule has 3 nitrogen and oxygen atoms in total. The van der Waals surface area contributed by atoms with Crippen molar-refractivity contribution in [1.29, 1.82) is 0 Å². The van der Waals surface area contributed by atoms with Gasteiger partial charge in [-0.25, -0.2) is 18.6 Å². The molecule has 1 aromatic heterocycles. The van der Waals surface area contributed by atoms with E-state index in [1.54, 1.807) is 0 Å². The quantitative estimate of drug-likeness (QED) is 0.889. The Labute approximate surface area is 102 Å². The first-order valence-electron chi connectivity index (χ1n) is 5.14. The third-order valence-electron chi connectivity index (χ3n) is 2.54. The standard InChI is InChI=1S/C13H9F2NO2/c1-7-4-11(15)9(5-10(7)14)8-2-3-12(13(17)18)16-6-8/h2-6H,1H3,(H,17,18). The molecule has 1 heterocycles. The van der Waals surface area contributed by atoms with Gasteiger partial charge in [-0.1, -0.05) is 6.07 Å². The highest BCUT2D eigenvalue weighted by atomic mass is 19.1. The molecule has 2 rings (SSSR count). The predicted octanol–water partition coefficient (Wildman–Crippen LogP) is 3.03. The van der Waals surface area contributed by atoms with Gasteiger partial charge < -0.3 is 5.11 Å². The zero-order chi connectivity index (χ0) is 13.3. The van der Waals surface area contributed by atoms with Crippen LogP contribution in [0.2, 0.25) is 0 Å². The molecular weight excluding hydrogens is 240 g/mol. The second-order valence-corrected chi connectivity index (χ2v) is 3.82. The number of nitrogens with zero attached hydrogens (tertiary/aromatic N) is 1. The molecule has 0 fully saturated rings. The van der Waals surface area contributed by atoms with Crippen molar-refractivity contribution in [2.45, 2.75) is 6.92 Å². The SMILES string of the molecule is Cc1cc(F)c(-c2ccc(C(=O)O)nc2)cc1F. The molecule has 0 aliphatic heterocycles. The summed E-state index contributed by atoms with van der Waals surface area (Å²) >= 11 is 0. The molecule has 5 heteroatoms. The minimum absolute atomic E-state index is 0.0579. The lowest BCUT2D eigenvalue weighted by Gasteiger charge is -2.05. The average Bonchev–Trinajstić information content (AvgIpc) is 2.34. The highest BCUT2D eigenvalue weighted by molar-refractivity contribution is 5.85. The molecule has 0 atom stereocenters. The maximum Gasteiger partial charge on any atom is 0.354 e. The van der Waals surface area contributed by atoms with Crippen LogP contribution in [-0.2, 0) is 0 Å². The second-order valence-electron chi connectivity index (χ2n) is 3.82. The molecule has 2 aromatic rings. The summed E-state index contributed by atoms with van der Waals surface area (Å²) in [6, 6.07) is 4.80. The number of aryl methyl sites for hydroxylation is 1. The van der Waals surface area contributed by atoms with Crippen LogP contribution in [0.5, 0.6) is 0 Å². The lowest BCUT2D eigenvalue weighted by Crippen LogP contribution is -1.99. The monoisotopic (exact) mass is 249 g/mol. The Kier molecular flexibility index (Phi) is 3.06. The Balaban J connectivity index is 2.49. The molecule has 0 saturated carbocycles. The molecular formula is C13H9F2NO2. The number of aromatic nitrogens is 1. The van der Waals surface area contributed by atoms with E-state index in [-0.39, 0.29) is 16.8 Å². The number of hydrogen-bond donors (Lipinski definition) is 1. The molecule has 18 heavy (non-hydrogen) atoms. The molecule has 0 spiro atoms. The maximum atomic E-state index is 13.7. The number of carboxylic acid groups (broad SMARTS) is 1. The number of pyridine rings is 1. The van der Waals surface area contributed by atoms with Crippen molar-refractivity contribution < 1.29 is 18.7 Å². The van der Waals surface area contributed by atoms with Crippen LogP contribution in [0.25, 0.3) is 11.1 Å². The van der Waals surface area contributed by atoms with Gasteiger partial charge in [0.1, 0.15) is 17.3 Å². The number of carboxylic acids is 1. The summed E-state index contributed by atoms with van der Waals surface area (Å²) in [5, 5.41) is 8.68. The van der Waals surface area contributed by atoms with Crippen molar-refractivity contribution >= 4 is 5.97 Å². The van der Waals surface area contributed by atoms with Crippen LogP contribution < -0.4 is 0 Å². The van der Waals surface area contributed by atoms with Crippen molar-refractivity contribution in [1.82, 2.24) is 4.98 Å². The first kappa shape index (κ1) is 12.2. The molecule has 0 aliphatic rings. The maximum absolute atomic E-state index is 13.7. The lowest BCUT2D eigenvalue weighted by atomic mass is 10.0. The first-order chi connectivity index (χ1) is 8.49. The molecule has 0 aliphatic carbocycles. The summed E-state index contributed by atoms with van der Waals surface area (Å²) in [4.78, 5) is 14.3. The fraction of sp³-hybridized carbons (Fsp3) is 0.0769. The van der Waals surface area contributed by atoms with Crippen LogP contribution >= 0.6 is 0 Å².